The highest BCUT2D eigenvalue weighted by molar-refractivity contribution is 9.10. The molecule has 0 bridgehead atoms. The maximum absolute atomic E-state index is 12.8. The lowest BCUT2D eigenvalue weighted by molar-refractivity contribution is -0.122. The number of carbonyl (C=O) groups excluding carboxylic acids is 1. The first-order valence-corrected chi connectivity index (χ1v) is 10.0. The van der Waals surface area contributed by atoms with E-state index in [-0.39, 0.29) is 11.5 Å². The smallest absolute Gasteiger partial charge is 0.335 e. The fourth-order valence-corrected chi connectivity index (χ4v) is 4.05. The molecule has 2 aromatic carbocycles. The summed E-state index contributed by atoms with van der Waals surface area (Å²) in [5.74, 6) is -0.453. The van der Waals surface area contributed by atoms with Crippen LogP contribution in [-0.2, 0) is 4.79 Å². The van der Waals surface area contributed by atoms with Gasteiger partial charge in [-0.1, -0.05) is 15.9 Å². The molecule has 1 amide bonds. The number of aliphatic imine (C=N–C) groups is 1. The zero-order chi connectivity index (χ0) is 20.3. The summed E-state index contributed by atoms with van der Waals surface area (Å²) < 4.78 is 6.26. The number of rotatable bonds is 5. The SMILES string of the molecule is CCN1C(=O)C(=Cc2cc(Br)ccc2OC)SC1=Nc1ccc(C(=O)O)cc1. The van der Waals surface area contributed by atoms with E-state index >= 15 is 0 Å². The summed E-state index contributed by atoms with van der Waals surface area (Å²) in [4.78, 5) is 30.4. The first-order chi connectivity index (χ1) is 13.4. The number of benzene rings is 2. The Morgan fingerprint density at radius 3 is 2.61 bits per heavy atom. The third kappa shape index (κ3) is 4.28. The van der Waals surface area contributed by atoms with Gasteiger partial charge in [0.2, 0.25) is 0 Å². The van der Waals surface area contributed by atoms with Gasteiger partial charge in [0.25, 0.3) is 5.91 Å². The number of amidine groups is 1. The van der Waals surface area contributed by atoms with Crippen molar-refractivity contribution in [2.45, 2.75) is 6.92 Å². The van der Waals surface area contributed by atoms with Crippen molar-refractivity contribution in [2.75, 3.05) is 13.7 Å². The molecule has 6 nitrogen and oxygen atoms in total. The Kier molecular flexibility index (Phi) is 6.21. The van der Waals surface area contributed by atoms with Crippen LogP contribution in [-0.4, -0.2) is 40.7 Å². The lowest BCUT2D eigenvalue weighted by Crippen LogP contribution is -2.28. The third-order valence-electron chi connectivity index (χ3n) is 4.02. The molecule has 1 aliphatic heterocycles. The molecule has 1 fully saturated rings. The van der Waals surface area contributed by atoms with Crippen LogP contribution in [0.3, 0.4) is 0 Å². The van der Waals surface area contributed by atoms with Crippen LogP contribution in [0.1, 0.15) is 22.8 Å². The molecule has 0 aromatic heterocycles. The fourth-order valence-electron chi connectivity index (χ4n) is 2.62. The molecule has 0 atom stereocenters. The van der Waals surface area contributed by atoms with Gasteiger partial charge in [-0.3, -0.25) is 9.69 Å². The number of carboxylic acid groups (broad SMARTS) is 1. The minimum atomic E-state index is -0.993. The number of hydrogen-bond donors (Lipinski definition) is 1. The first-order valence-electron chi connectivity index (χ1n) is 8.40. The van der Waals surface area contributed by atoms with Crippen molar-refractivity contribution in [1.29, 1.82) is 0 Å². The van der Waals surface area contributed by atoms with Crippen LogP contribution < -0.4 is 4.74 Å². The maximum Gasteiger partial charge on any atom is 0.335 e. The number of ether oxygens (including phenoxy) is 1. The van der Waals surface area contributed by atoms with E-state index in [1.54, 1.807) is 30.2 Å². The summed E-state index contributed by atoms with van der Waals surface area (Å²) in [6.45, 7) is 2.36. The van der Waals surface area contributed by atoms with Gasteiger partial charge in [0.15, 0.2) is 5.17 Å². The van der Waals surface area contributed by atoms with Crippen molar-refractivity contribution in [3.63, 3.8) is 0 Å². The summed E-state index contributed by atoms with van der Waals surface area (Å²) in [6.07, 6.45) is 1.79. The summed E-state index contributed by atoms with van der Waals surface area (Å²) in [5, 5.41) is 9.55. The Hall–Kier alpha value is -2.58. The van der Waals surface area contributed by atoms with Gasteiger partial charge in [0.05, 0.1) is 23.3 Å². The highest BCUT2D eigenvalue weighted by Gasteiger charge is 2.32. The second-order valence-electron chi connectivity index (χ2n) is 5.79. The number of thioether (sulfide) groups is 1. The van der Waals surface area contributed by atoms with Crippen LogP contribution in [0, 0.1) is 0 Å². The normalized spacial score (nSPS) is 16.8. The van der Waals surface area contributed by atoms with Gasteiger partial charge in [-0.15, -0.1) is 0 Å². The van der Waals surface area contributed by atoms with E-state index in [0.29, 0.717) is 28.1 Å². The van der Waals surface area contributed by atoms with E-state index in [4.69, 9.17) is 9.84 Å². The predicted octanol–water partition coefficient (Wildman–Crippen LogP) is 4.78. The molecular formula is C20H17BrN2O4S. The Labute approximate surface area is 175 Å². The number of halogens is 1. The minimum Gasteiger partial charge on any atom is -0.496 e. The Balaban J connectivity index is 1.94. The molecule has 1 aliphatic rings. The highest BCUT2D eigenvalue weighted by atomic mass is 79.9. The Morgan fingerprint density at radius 1 is 1.29 bits per heavy atom. The lowest BCUT2D eigenvalue weighted by Gasteiger charge is -2.12. The van der Waals surface area contributed by atoms with Crippen LogP contribution in [0.4, 0.5) is 5.69 Å². The zero-order valence-electron chi connectivity index (χ0n) is 15.2. The summed E-state index contributed by atoms with van der Waals surface area (Å²) in [6, 6.07) is 11.8. The van der Waals surface area contributed by atoms with Crippen molar-refractivity contribution in [1.82, 2.24) is 4.90 Å². The number of likely N-dealkylation sites (N-methyl/N-ethyl adjacent to an activating group) is 1. The van der Waals surface area contributed by atoms with Crippen molar-refractivity contribution in [2.24, 2.45) is 4.99 Å². The topological polar surface area (TPSA) is 79.2 Å². The molecule has 0 radical (unpaired) electrons. The molecule has 8 heteroatoms. The second-order valence-corrected chi connectivity index (χ2v) is 7.72. The molecule has 1 saturated heterocycles. The van der Waals surface area contributed by atoms with E-state index in [0.717, 1.165) is 10.0 Å². The molecule has 1 N–H and O–H groups in total. The van der Waals surface area contributed by atoms with Crippen molar-refractivity contribution in [3.8, 4) is 5.75 Å². The fraction of sp³-hybridized carbons (Fsp3) is 0.150. The largest absolute Gasteiger partial charge is 0.496 e. The second kappa shape index (κ2) is 8.62. The molecule has 0 saturated carbocycles. The quantitative estimate of drug-likeness (QED) is 0.649. The molecule has 0 aliphatic carbocycles. The lowest BCUT2D eigenvalue weighted by atomic mass is 10.2. The highest BCUT2D eigenvalue weighted by Crippen LogP contribution is 2.36. The summed E-state index contributed by atoms with van der Waals surface area (Å²) in [7, 11) is 1.58. The number of carbonyl (C=O) groups is 2. The van der Waals surface area contributed by atoms with Crippen molar-refractivity contribution < 1.29 is 19.4 Å². The standard InChI is InChI=1S/C20H17BrN2O4S/c1-3-23-18(24)17(11-13-10-14(21)6-9-16(13)27-2)28-20(23)22-15-7-4-12(5-8-15)19(25)26/h4-11H,3H2,1-2H3,(H,25,26). The van der Waals surface area contributed by atoms with Crippen LogP contribution in [0.2, 0.25) is 0 Å². The molecular weight excluding hydrogens is 444 g/mol. The first kappa shape index (κ1) is 20.2. The molecule has 2 aromatic rings. The van der Waals surface area contributed by atoms with Crippen LogP contribution in [0.15, 0.2) is 56.8 Å². The monoisotopic (exact) mass is 460 g/mol. The Morgan fingerprint density at radius 2 is 2.00 bits per heavy atom. The van der Waals surface area contributed by atoms with Gasteiger partial charge in [0, 0.05) is 16.6 Å². The van der Waals surface area contributed by atoms with E-state index in [1.165, 1.54) is 23.9 Å². The molecule has 0 spiro atoms. The summed E-state index contributed by atoms with van der Waals surface area (Å²) >= 11 is 4.71. The van der Waals surface area contributed by atoms with Gasteiger partial charge >= 0.3 is 5.97 Å². The van der Waals surface area contributed by atoms with Gasteiger partial charge in [-0.05, 0) is 67.2 Å². The number of nitrogens with zero attached hydrogens (tertiary/aromatic N) is 2. The van der Waals surface area contributed by atoms with E-state index < -0.39 is 5.97 Å². The minimum absolute atomic E-state index is 0.129. The van der Waals surface area contributed by atoms with Gasteiger partial charge in [-0.2, -0.15) is 0 Å². The molecule has 144 valence electrons. The van der Waals surface area contributed by atoms with Gasteiger partial charge in [-0.25, -0.2) is 9.79 Å². The van der Waals surface area contributed by atoms with E-state index in [1.807, 2.05) is 25.1 Å². The van der Waals surface area contributed by atoms with Crippen molar-refractivity contribution >= 4 is 56.5 Å². The maximum atomic E-state index is 12.8. The van der Waals surface area contributed by atoms with Crippen LogP contribution in [0.25, 0.3) is 6.08 Å². The molecule has 3 rings (SSSR count). The number of carboxylic acids is 1. The molecule has 1 heterocycles. The van der Waals surface area contributed by atoms with E-state index in [9.17, 15) is 9.59 Å². The number of aromatic carboxylic acids is 1. The average Bonchev–Trinajstić information content (AvgIpc) is 2.96. The third-order valence-corrected chi connectivity index (χ3v) is 5.52. The Bertz CT molecular complexity index is 986. The predicted molar refractivity (Wildman–Crippen MR) is 114 cm³/mol. The van der Waals surface area contributed by atoms with Gasteiger partial charge < -0.3 is 9.84 Å². The van der Waals surface area contributed by atoms with Crippen LogP contribution >= 0.6 is 27.7 Å². The number of methoxy groups -OCH3 is 1. The number of amides is 1. The zero-order valence-corrected chi connectivity index (χ0v) is 17.6. The van der Waals surface area contributed by atoms with Gasteiger partial charge in [0.1, 0.15) is 5.75 Å². The summed E-state index contributed by atoms with van der Waals surface area (Å²) in [5.41, 5.74) is 1.56. The van der Waals surface area contributed by atoms with Crippen molar-refractivity contribution in [3.05, 3.63) is 63.0 Å². The average molecular weight is 461 g/mol. The molecule has 0 unspecified atom stereocenters. The van der Waals surface area contributed by atoms with E-state index in [2.05, 4.69) is 20.9 Å². The van der Waals surface area contributed by atoms with Crippen LogP contribution in [0.5, 0.6) is 5.75 Å². The number of hydrogen-bond acceptors (Lipinski definition) is 5. The molecule has 28 heavy (non-hydrogen) atoms.